The number of rotatable bonds is 14. The fourth-order valence-corrected chi connectivity index (χ4v) is 9.19. The van der Waals surface area contributed by atoms with E-state index in [9.17, 15) is 18.0 Å². The number of amides is 2. The number of halogens is 1. The lowest BCUT2D eigenvalue weighted by molar-refractivity contribution is -0.162. The lowest BCUT2D eigenvalue weighted by Crippen LogP contribution is -2.73. The van der Waals surface area contributed by atoms with E-state index < -0.39 is 21.6 Å². The van der Waals surface area contributed by atoms with Crippen LogP contribution in [0.25, 0.3) is 0 Å². The van der Waals surface area contributed by atoms with Crippen molar-refractivity contribution in [3.8, 4) is 0 Å². The number of aromatic nitrogens is 2. The second-order valence-corrected chi connectivity index (χ2v) is 16.3. The van der Waals surface area contributed by atoms with Gasteiger partial charge < -0.3 is 15.1 Å². The number of aromatic amines is 1. The molecule has 49 heavy (non-hydrogen) atoms. The quantitative estimate of drug-likeness (QED) is 0.242. The zero-order chi connectivity index (χ0) is 34.5. The highest BCUT2D eigenvalue weighted by Gasteiger charge is 2.54. The highest BCUT2D eigenvalue weighted by molar-refractivity contribution is 7.89. The van der Waals surface area contributed by atoms with E-state index >= 15 is 0 Å². The lowest BCUT2D eigenvalue weighted by atomic mass is 9.78. The molecule has 1 aromatic carbocycles. The number of carbonyl (C=O) groups is 2. The van der Waals surface area contributed by atoms with E-state index in [1.54, 1.807) is 12.1 Å². The molecule has 1 saturated carbocycles. The maximum atomic E-state index is 14.1. The van der Waals surface area contributed by atoms with E-state index in [2.05, 4.69) is 32.1 Å². The van der Waals surface area contributed by atoms with Gasteiger partial charge in [0.25, 0.3) is 0 Å². The number of likely N-dealkylation sites (tertiary alicyclic amines) is 1. The van der Waals surface area contributed by atoms with Crippen molar-refractivity contribution in [2.75, 3.05) is 46.8 Å². The van der Waals surface area contributed by atoms with Crippen LogP contribution in [-0.2, 0) is 19.6 Å². The largest absolute Gasteiger partial charge is 0.342 e. The number of carbonyl (C=O) groups excluding carboxylic acids is 2. The minimum absolute atomic E-state index is 0. The predicted octanol–water partition coefficient (Wildman–Crippen LogP) is 4.70. The Morgan fingerprint density at radius 1 is 1.04 bits per heavy atom. The van der Waals surface area contributed by atoms with Gasteiger partial charge in [0.1, 0.15) is 11.6 Å². The summed E-state index contributed by atoms with van der Waals surface area (Å²) in [5.41, 5.74) is 3.01. The molecule has 3 heterocycles. The van der Waals surface area contributed by atoms with Gasteiger partial charge in [-0.25, -0.2) is 13.1 Å². The van der Waals surface area contributed by atoms with Gasteiger partial charge in [-0.05, 0) is 90.2 Å². The van der Waals surface area contributed by atoms with Crippen molar-refractivity contribution in [1.29, 1.82) is 0 Å². The number of hydrogen-bond donors (Lipinski definition) is 3. The molecule has 1 aliphatic carbocycles. The first-order valence-electron chi connectivity index (χ1n) is 18.1. The van der Waals surface area contributed by atoms with Crippen molar-refractivity contribution >= 4 is 34.2 Å². The Bertz CT molecular complexity index is 1480. The number of sulfonamides is 1. The molecule has 5 rings (SSSR count). The van der Waals surface area contributed by atoms with Gasteiger partial charge in [0, 0.05) is 37.4 Å². The molecule has 3 fully saturated rings. The molecule has 3 N–H and O–H groups in total. The number of aryl methyl sites for hydroxylation is 2. The number of benzene rings is 1. The highest BCUT2D eigenvalue weighted by atomic mass is 35.5. The first-order valence-corrected chi connectivity index (χ1v) is 19.6. The molecule has 2 aliphatic heterocycles. The van der Waals surface area contributed by atoms with E-state index in [0.29, 0.717) is 44.9 Å². The van der Waals surface area contributed by atoms with Crippen LogP contribution in [0.3, 0.4) is 0 Å². The van der Waals surface area contributed by atoms with Crippen molar-refractivity contribution in [1.82, 2.24) is 34.9 Å². The molecule has 2 amide bonds. The minimum Gasteiger partial charge on any atom is -0.342 e. The average Bonchev–Trinajstić information content (AvgIpc) is 3.40. The van der Waals surface area contributed by atoms with Gasteiger partial charge in [0.05, 0.1) is 16.6 Å². The number of hydrogen-bond acceptors (Lipinski definition) is 7. The summed E-state index contributed by atoms with van der Waals surface area (Å²) in [6.45, 7) is 9.12. The van der Waals surface area contributed by atoms with Gasteiger partial charge in [-0.1, -0.05) is 57.6 Å². The standard InChI is InChI=1S/C36H57N7O4S.ClH/c1-6-7-22-43-34(44)31(25-28-12-9-8-10-13-28)38-35(45)36(43)18-23-42(24-19-36)33(32-26(2)39-40-27(32)3)29-14-16-30(17-15-29)48(46,47)37-20-11-21-41(4)5;/h14-17,28,31,33,37H,6-13,18-25H2,1-5H3,(H,38,45)(H,39,40);1H/t31-,33?;/m0./s1. The topological polar surface area (TPSA) is 131 Å². The summed E-state index contributed by atoms with van der Waals surface area (Å²) in [4.78, 5) is 34.8. The fourth-order valence-electron chi connectivity index (χ4n) is 8.12. The first kappa shape index (κ1) is 39.3. The molecular weight excluding hydrogens is 662 g/mol. The average molecular weight is 720 g/mol. The van der Waals surface area contributed by atoms with Crippen molar-refractivity contribution in [2.24, 2.45) is 5.92 Å². The second-order valence-electron chi connectivity index (χ2n) is 14.6. The maximum absolute atomic E-state index is 14.1. The molecular formula is C36H58ClN7O4S. The van der Waals surface area contributed by atoms with E-state index in [1.807, 2.05) is 49.9 Å². The predicted molar refractivity (Wildman–Crippen MR) is 195 cm³/mol. The molecule has 0 bridgehead atoms. The zero-order valence-electron chi connectivity index (χ0n) is 30.1. The summed E-state index contributed by atoms with van der Waals surface area (Å²) in [6.07, 6.45) is 10.4. The first-order chi connectivity index (χ1) is 23.0. The lowest BCUT2D eigenvalue weighted by Gasteiger charge is -2.53. The van der Waals surface area contributed by atoms with Crippen LogP contribution in [0.2, 0.25) is 0 Å². The van der Waals surface area contributed by atoms with Crippen LogP contribution in [-0.4, -0.2) is 104 Å². The van der Waals surface area contributed by atoms with E-state index in [4.69, 9.17) is 0 Å². The Balaban J connectivity index is 0.00000541. The van der Waals surface area contributed by atoms with Crippen molar-refractivity contribution in [3.63, 3.8) is 0 Å². The van der Waals surface area contributed by atoms with Crippen LogP contribution in [0.4, 0.5) is 0 Å². The summed E-state index contributed by atoms with van der Waals surface area (Å²) in [5, 5.41) is 10.8. The Hall–Kier alpha value is -2.51. The third-order valence-corrected chi connectivity index (χ3v) is 12.3. The molecule has 274 valence electrons. The van der Waals surface area contributed by atoms with Crippen molar-refractivity contribution in [3.05, 3.63) is 46.8 Å². The van der Waals surface area contributed by atoms with Crippen LogP contribution < -0.4 is 10.0 Å². The van der Waals surface area contributed by atoms with E-state index in [1.165, 1.54) is 19.3 Å². The number of nitrogens with zero attached hydrogens (tertiary/aromatic N) is 4. The Labute approximate surface area is 299 Å². The molecule has 2 aromatic rings. The van der Waals surface area contributed by atoms with Gasteiger partial charge in [0.15, 0.2) is 0 Å². The smallest absolute Gasteiger partial charge is 0.246 e. The van der Waals surface area contributed by atoms with Gasteiger partial charge in [-0.15, -0.1) is 12.4 Å². The molecule has 2 atom stereocenters. The van der Waals surface area contributed by atoms with Crippen LogP contribution >= 0.6 is 12.4 Å². The van der Waals surface area contributed by atoms with E-state index in [-0.39, 0.29) is 35.2 Å². The number of piperazine rings is 1. The number of piperidine rings is 1. The fraction of sp³-hybridized carbons (Fsp3) is 0.694. The van der Waals surface area contributed by atoms with Crippen LogP contribution in [0.5, 0.6) is 0 Å². The summed E-state index contributed by atoms with van der Waals surface area (Å²) >= 11 is 0. The molecule has 3 aliphatic rings. The number of nitrogens with one attached hydrogen (secondary N) is 3. The molecule has 1 spiro atoms. The molecule has 0 radical (unpaired) electrons. The monoisotopic (exact) mass is 719 g/mol. The van der Waals surface area contributed by atoms with Crippen molar-refractivity contribution < 1.29 is 18.0 Å². The van der Waals surface area contributed by atoms with Crippen LogP contribution in [0.15, 0.2) is 29.2 Å². The van der Waals surface area contributed by atoms with Gasteiger partial charge in [-0.2, -0.15) is 5.10 Å². The molecule has 1 unspecified atom stereocenters. The second kappa shape index (κ2) is 17.1. The number of unbranched alkanes of at least 4 members (excludes halogenated alkanes) is 1. The Morgan fingerprint density at radius 2 is 1.71 bits per heavy atom. The third kappa shape index (κ3) is 8.87. The SMILES string of the molecule is CCCCN1C(=O)[C@H](CC2CCCCC2)NC(=O)C12CCN(C(c1ccc(S(=O)(=O)NCCCN(C)C)cc1)c1c(C)n[nH]c1C)CC2.Cl. The molecule has 1 aromatic heterocycles. The normalized spacial score (nSPS) is 21.2. The molecule has 13 heteroatoms. The summed E-state index contributed by atoms with van der Waals surface area (Å²) in [7, 11) is 0.299. The summed E-state index contributed by atoms with van der Waals surface area (Å²) in [6, 6.07) is 6.54. The minimum atomic E-state index is -3.64. The van der Waals surface area contributed by atoms with Crippen LogP contribution in [0, 0.1) is 19.8 Å². The summed E-state index contributed by atoms with van der Waals surface area (Å²) in [5.74, 6) is 0.588. The van der Waals surface area contributed by atoms with Crippen molar-refractivity contribution in [2.45, 2.75) is 114 Å². The van der Waals surface area contributed by atoms with Gasteiger partial charge in [0.2, 0.25) is 21.8 Å². The Morgan fingerprint density at radius 3 is 2.31 bits per heavy atom. The maximum Gasteiger partial charge on any atom is 0.246 e. The number of H-pyrrole nitrogens is 1. The van der Waals surface area contributed by atoms with Gasteiger partial charge in [-0.3, -0.25) is 19.6 Å². The zero-order valence-corrected chi connectivity index (χ0v) is 31.7. The third-order valence-electron chi connectivity index (χ3n) is 10.9. The molecule has 2 saturated heterocycles. The molecule has 11 nitrogen and oxygen atoms in total. The Kier molecular flexibility index (Phi) is 13.7. The highest BCUT2D eigenvalue weighted by Crippen LogP contribution is 2.40. The van der Waals surface area contributed by atoms with Crippen LogP contribution in [0.1, 0.15) is 106 Å². The summed E-state index contributed by atoms with van der Waals surface area (Å²) < 4.78 is 28.8. The van der Waals surface area contributed by atoms with Gasteiger partial charge >= 0.3 is 0 Å². The van der Waals surface area contributed by atoms with E-state index in [0.717, 1.165) is 67.6 Å².